The van der Waals surface area contributed by atoms with Crippen LogP contribution in [0.4, 0.5) is 5.69 Å². The number of amides is 1. The summed E-state index contributed by atoms with van der Waals surface area (Å²) in [5.41, 5.74) is 6.35. The molecule has 98 valence electrons. The number of piperazine rings is 1. The number of nitrogens with one attached hydrogen (secondary N) is 2. The summed E-state index contributed by atoms with van der Waals surface area (Å²) < 4.78 is 0. The highest BCUT2D eigenvalue weighted by Gasteiger charge is 2.17. The van der Waals surface area contributed by atoms with Gasteiger partial charge in [0.25, 0.3) is 5.91 Å². The van der Waals surface area contributed by atoms with Gasteiger partial charge >= 0.3 is 0 Å². The molecule has 1 aliphatic rings. The van der Waals surface area contributed by atoms with Crippen molar-refractivity contribution in [3.63, 3.8) is 0 Å². The van der Waals surface area contributed by atoms with E-state index in [9.17, 15) is 4.79 Å². The number of carbonyl (C=O) groups excluding carboxylic acids is 1. The number of hydrazine groups is 2. The number of nitrogens with zero attached hydrogens (tertiary/aromatic N) is 3. The number of nitrogens with two attached hydrogens (primary N) is 1. The molecule has 18 heavy (non-hydrogen) atoms. The third-order valence-corrected chi connectivity index (χ3v) is 2.92. The first kappa shape index (κ1) is 12.7. The van der Waals surface area contributed by atoms with E-state index in [-0.39, 0.29) is 5.91 Å². The minimum atomic E-state index is -0.211. The van der Waals surface area contributed by atoms with Crippen LogP contribution in [0.5, 0.6) is 0 Å². The second-order valence-corrected chi connectivity index (χ2v) is 4.31. The van der Waals surface area contributed by atoms with Crippen LogP contribution in [0.15, 0.2) is 18.3 Å². The van der Waals surface area contributed by atoms with E-state index in [1.54, 1.807) is 18.3 Å². The lowest BCUT2D eigenvalue weighted by Crippen LogP contribution is -2.52. The zero-order valence-electron chi connectivity index (χ0n) is 10.4. The molecule has 1 fully saturated rings. The molecule has 1 saturated heterocycles. The molecular formula is C11H18N6O. The van der Waals surface area contributed by atoms with Crippen LogP contribution >= 0.6 is 0 Å². The monoisotopic (exact) mass is 250 g/mol. The average Bonchev–Trinajstić information content (AvgIpc) is 2.41. The summed E-state index contributed by atoms with van der Waals surface area (Å²) in [6.45, 7) is 3.52. The number of carbonyl (C=O) groups is 1. The zero-order chi connectivity index (χ0) is 13.0. The molecule has 0 aliphatic carbocycles. The number of nitrogen functional groups attached to an aromatic ring is 1. The van der Waals surface area contributed by atoms with Crippen LogP contribution in [-0.2, 0) is 0 Å². The Kier molecular flexibility index (Phi) is 4.08. The summed E-state index contributed by atoms with van der Waals surface area (Å²) in [4.78, 5) is 18.2. The van der Waals surface area contributed by atoms with E-state index < -0.39 is 0 Å². The maximum Gasteiger partial charge on any atom is 0.284 e. The van der Waals surface area contributed by atoms with E-state index >= 15 is 0 Å². The molecule has 0 bridgehead atoms. The molecule has 0 saturated carbocycles. The smallest absolute Gasteiger partial charge is 0.284 e. The Labute approximate surface area is 106 Å². The van der Waals surface area contributed by atoms with Gasteiger partial charge in [-0.3, -0.25) is 21.0 Å². The second kappa shape index (κ2) is 5.76. The Morgan fingerprint density at radius 2 is 2.11 bits per heavy atom. The maximum atomic E-state index is 12.0. The van der Waals surface area contributed by atoms with Gasteiger partial charge in [-0.2, -0.15) is 0 Å². The van der Waals surface area contributed by atoms with Crippen molar-refractivity contribution in [2.45, 2.75) is 0 Å². The Bertz CT molecular complexity index is 416. The average molecular weight is 250 g/mol. The van der Waals surface area contributed by atoms with Gasteiger partial charge in [0.2, 0.25) is 0 Å². The lowest BCUT2D eigenvalue weighted by atomic mass is 10.3. The van der Waals surface area contributed by atoms with Gasteiger partial charge in [0, 0.05) is 32.4 Å². The van der Waals surface area contributed by atoms with E-state index in [4.69, 9.17) is 5.84 Å². The highest BCUT2D eigenvalue weighted by Crippen LogP contribution is 2.06. The summed E-state index contributed by atoms with van der Waals surface area (Å²) in [7, 11) is 2.07. The van der Waals surface area contributed by atoms with Gasteiger partial charge in [-0.25, -0.2) is 5.01 Å². The van der Waals surface area contributed by atoms with E-state index in [0.717, 1.165) is 26.2 Å². The quantitative estimate of drug-likeness (QED) is 0.484. The Morgan fingerprint density at radius 1 is 1.39 bits per heavy atom. The minimum Gasteiger partial charge on any atom is -0.324 e. The van der Waals surface area contributed by atoms with Crippen molar-refractivity contribution in [3.8, 4) is 0 Å². The highest BCUT2D eigenvalue weighted by atomic mass is 16.2. The molecule has 2 rings (SSSR count). The van der Waals surface area contributed by atoms with Crippen molar-refractivity contribution in [1.29, 1.82) is 0 Å². The van der Waals surface area contributed by atoms with Crippen LogP contribution < -0.4 is 16.7 Å². The van der Waals surface area contributed by atoms with Crippen LogP contribution in [0.25, 0.3) is 0 Å². The number of hydrogen-bond acceptors (Lipinski definition) is 6. The van der Waals surface area contributed by atoms with Crippen molar-refractivity contribution in [2.24, 2.45) is 5.84 Å². The molecule has 4 N–H and O–H groups in total. The van der Waals surface area contributed by atoms with Crippen LogP contribution in [0, 0.1) is 0 Å². The molecule has 0 radical (unpaired) electrons. The lowest BCUT2D eigenvalue weighted by molar-refractivity contribution is 0.0658. The van der Waals surface area contributed by atoms with Crippen molar-refractivity contribution >= 4 is 11.6 Å². The minimum absolute atomic E-state index is 0.211. The number of rotatable bonds is 3. The predicted molar refractivity (Wildman–Crippen MR) is 68.6 cm³/mol. The van der Waals surface area contributed by atoms with E-state index in [2.05, 4.69) is 27.8 Å². The summed E-state index contributed by atoms with van der Waals surface area (Å²) in [6.07, 6.45) is 1.55. The van der Waals surface area contributed by atoms with E-state index in [1.807, 2.05) is 5.01 Å². The van der Waals surface area contributed by atoms with Gasteiger partial charge < -0.3 is 10.3 Å². The molecule has 0 spiro atoms. The number of aromatic nitrogens is 1. The molecule has 1 aromatic heterocycles. The number of anilines is 1. The molecular weight excluding hydrogens is 232 g/mol. The fourth-order valence-corrected chi connectivity index (χ4v) is 1.76. The third kappa shape index (κ3) is 3.16. The summed E-state index contributed by atoms with van der Waals surface area (Å²) in [5.74, 6) is 5.08. The van der Waals surface area contributed by atoms with Crippen molar-refractivity contribution in [2.75, 3.05) is 38.7 Å². The first-order valence-corrected chi connectivity index (χ1v) is 5.86. The molecule has 7 heteroatoms. The number of pyridine rings is 1. The molecule has 1 amide bonds. The largest absolute Gasteiger partial charge is 0.324 e. The SMILES string of the molecule is CN1CCN(NC(=O)c2cc(NN)ccn2)CC1. The first-order chi connectivity index (χ1) is 8.69. The van der Waals surface area contributed by atoms with Crippen molar-refractivity contribution in [1.82, 2.24) is 20.3 Å². The van der Waals surface area contributed by atoms with Gasteiger partial charge in [0.15, 0.2) is 0 Å². The van der Waals surface area contributed by atoms with E-state index in [1.165, 1.54) is 0 Å². The Morgan fingerprint density at radius 3 is 2.78 bits per heavy atom. The molecule has 2 heterocycles. The predicted octanol–water partition coefficient (Wildman–Crippen LogP) is -0.741. The number of likely N-dealkylation sites (N-methyl/N-ethyl adjacent to an activating group) is 1. The fourth-order valence-electron chi connectivity index (χ4n) is 1.76. The lowest BCUT2D eigenvalue weighted by Gasteiger charge is -2.32. The molecule has 1 aromatic rings. The van der Waals surface area contributed by atoms with Crippen LogP contribution in [0.1, 0.15) is 10.5 Å². The van der Waals surface area contributed by atoms with Gasteiger partial charge in [0.05, 0.1) is 5.69 Å². The summed E-state index contributed by atoms with van der Waals surface area (Å²) in [6, 6.07) is 3.32. The second-order valence-electron chi connectivity index (χ2n) is 4.31. The van der Waals surface area contributed by atoms with Crippen LogP contribution in [0.2, 0.25) is 0 Å². The molecule has 7 nitrogen and oxygen atoms in total. The van der Waals surface area contributed by atoms with Crippen molar-refractivity contribution in [3.05, 3.63) is 24.0 Å². The fraction of sp³-hybridized carbons (Fsp3) is 0.455. The van der Waals surface area contributed by atoms with Crippen LogP contribution in [0.3, 0.4) is 0 Å². The molecule has 0 unspecified atom stereocenters. The molecule has 0 aromatic carbocycles. The standard InChI is InChI=1S/C11H18N6O/c1-16-4-6-17(7-5-16)15-11(18)10-8-9(14-12)2-3-13-10/h2-3,8H,4-7,12H2,1H3,(H,13,14)(H,15,18). The number of hydrogen-bond donors (Lipinski definition) is 3. The van der Waals surface area contributed by atoms with Gasteiger partial charge in [-0.15, -0.1) is 0 Å². The van der Waals surface area contributed by atoms with Gasteiger partial charge in [0.1, 0.15) is 5.69 Å². The zero-order valence-corrected chi connectivity index (χ0v) is 10.4. The summed E-state index contributed by atoms with van der Waals surface area (Å²) in [5, 5.41) is 1.91. The van der Waals surface area contributed by atoms with Gasteiger partial charge in [-0.1, -0.05) is 0 Å². The molecule has 0 atom stereocenters. The molecule has 1 aliphatic heterocycles. The Balaban J connectivity index is 1.94. The summed E-state index contributed by atoms with van der Waals surface area (Å²) >= 11 is 0. The third-order valence-electron chi connectivity index (χ3n) is 2.92. The Hall–Kier alpha value is -1.70. The first-order valence-electron chi connectivity index (χ1n) is 5.86. The van der Waals surface area contributed by atoms with Crippen LogP contribution in [-0.4, -0.2) is 54.0 Å². The topological polar surface area (TPSA) is 86.5 Å². The van der Waals surface area contributed by atoms with Gasteiger partial charge in [-0.05, 0) is 19.2 Å². The highest BCUT2D eigenvalue weighted by molar-refractivity contribution is 5.92. The maximum absolute atomic E-state index is 12.0. The van der Waals surface area contributed by atoms with Crippen molar-refractivity contribution < 1.29 is 4.79 Å². The van der Waals surface area contributed by atoms with E-state index in [0.29, 0.717) is 11.4 Å². The normalized spacial score (nSPS) is 17.4.